The first-order chi connectivity index (χ1) is 13.3. The fourth-order valence-corrected chi connectivity index (χ4v) is 3.43. The van der Waals surface area contributed by atoms with E-state index in [-0.39, 0.29) is 6.04 Å². The Kier molecular flexibility index (Phi) is 8.18. The topological polar surface area (TPSA) is 63.5 Å². The summed E-state index contributed by atoms with van der Waals surface area (Å²) in [5.41, 5.74) is 4.66. The summed E-state index contributed by atoms with van der Waals surface area (Å²) in [5, 5.41) is 12.0. The summed E-state index contributed by atoms with van der Waals surface area (Å²) in [5.74, 6) is 1.58. The van der Waals surface area contributed by atoms with Gasteiger partial charge >= 0.3 is 0 Å². The molecule has 2 aromatic rings. The van der Waals surface area contributed by atoms with Gasteiger partial charge in [-0.25, -0.2) is 0 Å². The standard InChI is InChI=1S/C21H32ClN5O/c1-7-23-21(24-11-10-17-8-9-18(28-6)13-20(17)22)25-14(2)12-19-15(3)26-27(5)16(19)4/h8-9,13-14H,7,10-12H2,1-6H3,(H2,23,24,25). The number of rotatable bonds is 8. The molecule has 2 rings (SSSR count). The third-order valence-corrected chi connectivity index (χ3v) is 5.16. The van der Waals surface area contributed by atoms with E-state index in [1.165, 1.54) is 11.3 Å². The first-order valence-corrected chi connectivity index (χ1v) is 10.1. The molecule has 0 saturated carbocycles. The molecule has 0 saturated heterocycles. The number of aryl methyl sites for hydroxylation is 2. The molecule has 0 aliphatic heterocycles. The average Bonchev–Trinajstić information content (AvgIpc) is 2.89. The quantitative estimate of drug-likeness (QED) is 0.521. The summed E-state index contributed by atoms with van der Waals surface area (Å²) in [6.07, 6.45) is 1.68. The predicted molar refractivity (Wildman–Crippen MR) is 117 cm³/mol. The zero-order valence-corrected chi connectivity index (χ0v) is 18.5. The smallest absolute Gasteiger partial charge is 0.191 e. The SMILES string of the molecule is CCNC(=NCCc1ccc(OC)cc1Cl)NC(C)Cc1c(C)nn(C)c1C. The van der Waals surface area contributed by atoms with Gasteiger partial charge in [-0.05, 0) is 63.8 Å². The molecule has 154 valence electrons. The Morgan fingerprint density at radius 2 is 2.11 bits per heavy atom. The van der Waals surface area contributed by atoms with Crippen LogP contribution in [-0.2, 0) is 19.9 Å². The molecule has 0 aliphatic rings. The minimum Gasteiger partial charge on any atom is -0.497 e. The molecule has 7 heteroatoms. The van der Waals surface area contributed by atoms with Gasteiger partial charge in [0.1, 0.15) is 5.75 Å². The Labute approximate surface area is 173 Å². The van der Waals surface area contributed by atoms with E-state index in [9.17, 15) is 0 Å². The maximum atomic E-state index is 6.32. The zero-order valence-electron chi connectivity index (χ0n) is 17.8. The highest BCUT2D eigenvalue weighted by molar-refractivity contribution is 6.31. The number of nitrogens with one attached hydrogen (secondary N) is 2. The lowest BCUT2D eigenvalue weighted by Gasteiger charge is -2.18. The van der Waals surface area contributed by atoms with Crippen molar-refractivity contribution < 1.29 is 4.74 Å². The van der Waals surface area contributed by atoms with Crippen molar-refractivity contribution in [1.82, 2.24) is 20.4 Å². The maximum Gasteiger partial charge on any atom is 0.191 e. The summed E-state index contributed by atoms with van der Waals surface area (Å²) in [6, 6.07) is 6.00. The van der Waals surface area contributed by atoms with Gasteiger partial charge in [-0.15, -0.1) is 0 Å². The van der Waals surface area contributed by atoms with Gasteiger partial charge in [0.2, 0.25) is 0 Å². The van der Waals surface area contributed by atoms with Crippen LogP contribution < -0.4 is 15.4 Å². The van der Waals surface area contributed by atoms with E-state index >= 15 is 0 Å². The second kappa shape index (κ2) is 10.4. The number of aromatic nitrogens is 2. The van der Waals surface area contributed by atoms with Crippen LogP contribution in [0.2, 0.25) is 5.02 Å². The van der Waals surface area contributed by atoms with Crippen LogP contribution in [0.5, 0.6) is 5.75 Å². The summed E-state index contributed by atoms with van der Waals surface area (Å²) in [4.78, 5) is 4.71. The largest absolute Gasteiger partial charge is 0.497 e. The van der Waals surface area contributed by atoms with Crippen molar-refractivity contribution in [3.05, 3.63) is 45.7 Å². The van der Waals surface area contributed by atoms with Gasteiger partial charge < -0.3 is 15.4 Å². The van der Waals surface area contributed by atoms with E-state index in [0.29, 0.717) is 11.6 Å². The van der Waals surface area contributed by atoms with Gasteiger partial charge in [-0.3, -0.25) is 9.67 Å². The van der Waals surface area contributed by atoms with E-state index in [1.807, 2.05) is 29.9 Å². The number of hydrogen-bond donors (Lipinski definition) is 2. The Bertz CT molecular complexity index is 815. The molecule has 1 aromatic carbocycles. The van der Waals surface area contributed by atoms with Crippen LogP contribution >= 0.6 is 11.6 Å². The average molecular weight is 406 g/mol. The second-order valence-corrected chi connectivity index (χ2v) is 7.40. The second-order valence-electron chi connectivity index (χ2n) is 6.99. The van der Waals surface area contributed by atoms with Gasteiger partial charge in [0, 0.05) is 36.9 Å². The molecule has 0 fully saturated rings. The molecule has 0 spiro atoms. The normalized spacial score (nSPS) is 12.8. The Balaban J connectivity index is 1.97. The van der Waals surface area contributed by atoms with Gasteiger partial charge in [0.25, 0.3) is 0 Å². The molecular formula is C21H32ClN5O. The summed E-state index contributed by atoms with van der Waals surface area (Å²) >= 11 is 6.32. The molecule has 1 atom stereocenters. The van der Waals surface area contributed by atoms with Crippen LogP contribution in [0.15, 0.2) is 23.2 Å². The van der Waals surface area contributed by atoms with Gasteiger partial charge in [0.15, 0.2) is 5.96 Å². The molecule has 1 unspecified atom stereocenters. The van der Waals surface area contributed by atoms with E-state index < -0.39 is 0 Å². The highest BCUT2D eigenvalue weighted by Gasteiger charge is 2.14. The van der Waals surface area contributed by atoms with E-state index in [1.54, 1.807) is 7.11 Å². The zero-order chi connectivity index (χ0) is 20.7. The number of halogens is 1. The lowest BCUT2D eigenvalue weighted by atomic mass is 10.1. The Hall–Kier alpha value is -2.21. The fraction of sp³-hybridized carbons (Fsp3) is 0.524. The minimum atomic E-state index is 0.240. The van der Waals surface area contributed by atoms with Gasteiger partial charge in [0.05, 0.1) is 12.8 Å². The van der Waals surface area contributed by atoms with Crippen LogP contribution in [0.3, 0.4) is 0 Å². The number of methoxy groups -OCH3 is 1. The summed E-state index contributed by atoms with van der Waals surface area (Å²) in [7, 11) is 3.62. The van der Waals surface area contributed by atoms with E-state index in [2.05, 4.69) is 43.4 Å². The molecule has 1 aromatic heterocycles. The minimum absolute atomic E-state index is 0.240. The highest BCUT2D eigenvalue weighted by atomic mass is 35.5. The van der Waals surface area contributed by atoms with Gasteiger partial charge in [-0.2, -0.15) is 5.10 Å². The van der Waals surface area contributed by atoms with E-state index in [4.69, 9.17) is 21.3 Å². The molecule has 28 heavy (non-hydrogen) atoms. The number of benzene rings is 1. The molecule has 0 amide bonds. The Morgan fingerprint density at radius 1 is 1.36 bits per heavy atom. The highest BCUT2D eigenvalue weighted by Crippen LogP contribution is 2.22. The number of guanidine groups is 1. The monoisotopic (exact) mass is 405 g/mol. The van der Waals surface area contributed by atoms with Crippen molar-refractivity contribution in [1.29, 1.82) is 0 Å². The molecular weight excluding hydrogens is 374 g/mol. The molecule has 2 N–H and O–H groups in total. The van der Waals surface area contributed by atoms with Crippen LogP contribution in [0.1, 0.15) is 36.4 Å². The number of ether oxygens (including phenoxy) is 1. The van der Waals surface area contributed by atoms with Crippen molar-refractivity contribution in [2.24, 2.45) is 12.0 Å². The molecule has 0 aliphatic carbocycles. The molecule has 1 heterocycles. The number of aliphatic imine (C=N–C) groups is 1. The van der Waals surface area contributed by atoms with Crippen LogP contribution in [0.4, 0.5) is 0 Å². The molecule has 0 bridgehead atoms. The fourth-order valence-electron chi connectivity index (χ4n) is 3.17. The van der Waals surface area contributed by atoms with Crippen LogP contribution in [-0.4, -0.2) is 42.0 Å². The third kappa shape index (κ3) is 5.89. The van der Waals surface area contributed by atoms with Crippen molar-refractivity contribution in [3.8, 4) is 5.75 Å². The third-order valence-electron chi connectivity index (χ3n) is 4.81. The van der Waals surface area contributed by atoms with Crippen molar-refractivity contribution in [2.75, 3.05) is 20.2 Å². The molecule has 0 radical (unpaired) electrons. The van der Waals surface area contributed by atoms with E-state index in [0.717, 1.165) is 42.4 Å². The lowest BCUT2D eigenvalue weighted by Crippen LogP contribution is -2.43. The maximum absolute atomic E-state index is 6.32. The first kappa shape index (κ1) is 22.1. The first-order valence-electron chi connectivity index (χ1n) is 9.72. The lowest BCUT2D eigenvalue weighted by molar-refractivity contribution is 0.414. The number of nitrogens with zero attached hydrogens (tertiary/aromatic N) is 3. The number of hydrogen-bond acceptors (Lipinski definition) is 3. The molecule has 6 nitrogen and oxygen atoms in total. The van der Waals surface area contributed by atoms with Crippen LogP contribution in [0.25, 0.3) is 0 Å². The van der Waals surface area contributed by atoms with Crippen molar-refractivity contribution in [3.63, 3.8) is 0 Å². The summed E-state index contributed by atoms with van der Waals surface area (Å²) < 4.78 is 7.14. The van der Waals surface area contributed by atoms with Crippen molar-refractivity contribution in [2.45, 2.75) is 46.6 Å². The predicted octanol–water partition coefficient (Wildman–Crippen LogP) is 3.43. The van der Waals surface area contributed by atoms with Gasteiger partial charge in [-0.1, -0.05) is 17.7 Å². The van der Waals surface area contributed by atoms with Crippen molar-refractivity contribution >= 4 is 17.6 Å². The van der Waals surface area contributed by atoms with Crippen LogP contribution in [0, 0.1) is 13.8 Å². The Morgan fingerprint density at radius 3 is 2.68 bits per heavy atom. The summed E-state index contributed by atoms with van der Waals surface area (Å²) in [6.45, 7) is 9.87.